The number of hydrogen-bond acceptors (Lipinski definition) is 4. The van der Waals surface area contributed by atoms with Gasteiger partial charge in [0.25, 0.3) is 0 Å². The monoisotopic (exact) mass is 366 g/mol. The van der Waals surface area contributed by atoms with Crippen LogP contribution in [0.25, 0.3) is 0 Å². The zero-order chi connectivity index (χ0) is 18.3. The summed E-state index contributed by atoms with van der Waals surface area (Å²) in [5.74, 6) is -16.5. The Morgan fingerprint density at radius 2 is 1.61 bits per heavy atom. The van der Waals surface area contributed by atoms with E-state index < -0.39 is 55.1 Å². The van der Waals surface area contributed by atoms with Gasteiger partial charge >= 0.3 is 30.2 Å². The van der Waals surface area contributed by atoms with Gasteiger partial charge in [0.05, 0.1) is 0 Å². The van der Waals surface area contributed by atoms with E-state index in [2.05, 4.69) is 14.2 Å². The van der Waals surface area contributed by atoms with Crippen molar-refractivity contribution in [2.24, 2.45) is 0 Å². The van der Waals surface area contributed by atoms with Crippen LogP contribution < -0.4 is 0 Å². The molecule has 0 amide bonds. The molecule has 1 saturated heterocycles. The van der Waals surface area contributed by atoms with Crippen molar-refractivity contribution < 1.29 is 62.9 Å². The third-order valence-corrected chi connectivity index (χ3v) is 2.38. The molecule has 1 aliphatic heterocycles. The van der Waals surface area contributed by atoms with E-state index in [1.54, 1.807) is 0 Å². The summed E-state index contributed by atoms with van der Waals surface area (Å²) in [6, 6.07) is 0. The Balaban J connectivity index is 3.10. The topological polar surface area (TPSA) is 44.8 Å². The van der Waals surface area contributed by atoms with Crippen LogP contribution in [-0.2, 0) is 14.2 Å². The molecule has 1 heterocycles. The minimum Gasteiger partial charge on any atom is -0.427 e. The lowest BCUT2D eigenvalue weighted by Gasteiger charge is -2.33. The van der Waals surface area contributed by atoms with Gasteiger partial charge in [0, 0.05) is 0 Å². The highest BCUT2D eigenvalue weighted by Gasteiger charge is 2.76. The van der Waals surface area contributed by atoms with Crippen LogP contribution in [0.3, 0.4) is 0 Å². The molecule has 1 fully saturated rings. The molecule has 1 unspecified atom stereocenters. The fourth-order valence-electron chi connectivity index (χ4n) is 1.28. The predicted octanol–water partition coefficient (Wildman–Crippen LogP) is 3.78. The average molecular weight is 366 g/mol. The summed E-state index contributed by atoms with van der Waals surface area (Å²) in [7, 11) is 0. The fraction of sp³-hybridized carbons (Fsp3) is 0.667. The Kier molecular flexibility index (Phi) is 4.81. The number of ether oxygens (including phenoxy) is 3. The van der Waals surface area contributed by atoms with Crippen molar-refractivity contribution in [2.45, 2.75) is 24.1 Å². The highest BCUT2D eigenvalue weighted by atomic mass is 19.4. The normalized spacial score (nSPS) is 24.2. The largest absolute Gasteiger partial charge is 0.511 e. The number of carbonyl (C=O) groups excluding carboxylic acids is 1. The number of cyclic esters (lactones) is 2. The Morgan fingerprint density at radius 1 is 1.09 bits per heavy atom. The minimum absolute atomic E-state index is 1.92. The van der Waals surface area contributed by atoms with Crippen LogP contribution in [0.15, 0.2) is 11.7 Å². The molecule has 0 aliphatic carbocycles. The Morgan fingerprint density at radius 3 is 1.96 bits per heavy atom. The fourth-order valence-corrected chi connectivity index (χ4v) is 1.28. The zero-order valence-corrected chi connectivity index (χ0v) is 10.3. The summed E-state index contributed by atoms with van der Waals surface area (Å²) >= 11 is 0. The summed E-state index contributed by atoms with van der Waals surface area (Å²) in [4.78, 5) is 10.6. The van der Waals surface area contributed by atoms with Gasteiger partial charge in [-0.25, -0.2) is 9.18 Å². The molecule has 0 spiro atoms. The first-order valence-corrected chi connectivity index (χ1v) is 5.19. The summed E-state index contributed by atoms with van der Waals surface area (Å²) in [6.45, 7) is -4.24. The van der Waals surface area contributed by atoms with Crippen LogP contribution in [-0.4, -0.2) is 43.4 Å². The minimum atomic E-state index is -6.40. The van der Waals surface area contributed by atoms with Crippen molar-refractivity contribution >= 4 is 6.16 Å². The van der Waals surface area contributed by atoms with E-state index in [1.165, 1.54) is 0 Å². The number of allylic oxidation sites excluding steroid dienone is 1. The maximum atomic E-state index is 13.3. The van der Waals surface area contributed by atoms with Gasteiger partial charge in [0.2, 0.25) is 5.83 Å². The predicted molar refractivity (Wildman–Crippen MR) is 47.4 cm³/mol. The first-order valence-electron chi connectivity index (χ1n) is 5.19. The molecule has 0 bridgehead atoms. The molecule has 4 nitrogen and oxygen atoms in total. The maximum Gasteiger partial charge on any atom is 0.511 e. The van der Waals surface area contributed by atoms with E-state index in [4.69, 9.17) is 0 Å². The first kappa shape index (κ1) is 19.3. The van der Waals surface area contributed by atoms with Crippen molar-refractivity contribution in [1.82, 2.24) is 0 Å². The molecule has 23 heavy (non-hydrogen) atoms. The summed E-state index contributed by atoms with van der Waals surface area (Å²) < 4.78 is 135. The van der Waals surface area contributed by atoms with Crippen LogP contribution in [0.4, 0.5) is 48.7 Å². The Labute approximate surface area is 119 Å². The van der Waals surface area contributed by atoms with E-state index in [1.807, 2.05) is 0 Å². The van der Waals surface area contributed by atoms with E-state index in [9.17, 15) is 48.7 Å². The van der Waals surface area contributed by atoms with Gasteiger partial charge < -0.3 is 14.2 Å². The van der Waals surface area contributed by atoms with Gasteiger partial charge in [-0.2, -0.15) is 39.5 Å². The number of hydrogen-bond donors (Lipinski definition) is 0. The lowest BCUT2D eigenvalue weighted by atomic mass is 10.1. The summed E-state index contributed by atoms with van der Waals surface area (Å²) in [5.41, 5.74) is 0. The van der Waals surface area contributed by atoms with Crippen molar-refractivity contribution in [1.29, 1.82) is 0 Å². The highest BCUT2D eigenvalue weighted by Crippen LogP contribution is 2.48. The van der Waals surface area contributed by atoms with Gasteiger partial charge in [-0.3, -0.25) is 0 Å². The van der Waals surface area contributed by atoms with Crippen molar-refractivity contribution in [3.05, 3.63) is 11.7 Å². The van der Waals surface area contributed by atoms with Crippen LogP contribution in [0.1, 0.15) is 0 Å². The lowest BCUT2D eigenvalue weighted by Crippen LogP contribution is -2.60. The number of alkyl halides is 8. The molecular weight excluding hydrogens is 362 g/mol. The molecule has 0 aromatic heterocycles. The molecule has 0 saturated carbocycles. The van der Waals surface area contributed by atoms with Crippen LogP contribution in [0.2, 0.25) is 0 Å². The number of rotatable bonds is 4. The second-order valence-corrected chi connectivity index (χ2v) is 3.97. The van der Waals surface area contributed by atoms with Gasteiger partial charge in [0.15, 0.2) is 12.4 Å². The number of halogens is 10. The molecule has 0 radical (unpaired) electrons. The Bertz CT molecular complexity index is 507. The SMILES string of the molecule is O=C1OCC(OC/C(F)=C(/F)C(F)(F)F)(C(F)(F)C(F)(F)F)O1. The number of carbonyl (C=O) groups is 1. The average Bonchev–Trinajstić information content (AvgIpc) is 2.76. The highest BCUT2D eigenvalue weighted by molar-refractivity contribution is 5.62. The van der Waals surface area contributed by atoms with Gasteiger partial charge in [-0.05, 0) is 0 Å². The molecule has 0 aromatic carbocycles. The molecule has 0 aromatic rings. The summed E-state index contributed by atoms with van der Waals surface area (Å²) in [6.07, 6.45) is -14.3. The van der Waals surface area contributed by atoms with Crippen molar-refractivity contribution in [2.75, 3.05) is 13.2 Å². The van der Waals surface area contributed by atoms with E-state index >= 15 is 0 Å². The van der Waals surface area contributed by atoms with Crippen molar-refractivity contribution in [3.8, 4) is 0 Å². The molecule has 14 heteroatoms. The third-order valence-electron chi connectivity index (χ3n) is 2.38. The molecule has 134 valence electrons. The lowest BCUT2D eigenvalue weighted by molar-refractivity contribution is -0.392. The quantitative estimate of drug-likeness (QED) is 0.561. The molecule has 0 N–H and O–H groups in total. The van der Waals surface area contributed by atoms with E-state index in [0.717, 1.165) is 0 Å². The molecule has 1 atom stereocenters. The van der Waals surface area contributed by atoms with Gasteiger partial charge in [-0.1, -0.05) is 0 Å². The summed E-state index contributed by atoms with van der Waals surface area (Å²) in [5, 5.41) is 0. The van der Waals surface area contributed by atoms with Crippen LogP contribution >= 0.6 is 0 Å². The van der Waals surface area contributed by atoms with Gasteiger partial charge in [-0.15, -0.1) is 0 Å². The van der Waals surface area contributed by atoms with Crippen LogP contribution in [0.5, 0.6) is 0 Å². The third kappa shape index (κ3) is 3.61. The zero-order valence-electron chi connectivity index (χ0n) is 10.3. The van der Waals surface area contributed by atoms with Gasteiger partial charge in [0.1, 0.15) is 6.61 Å². The van der Waals surface area contributed by atoms with Crippen molar-refractivity contribution in [3.63, 3.8) is 0 Å². The molecular formula is C9H4F10O4. The smallest absolute Gasteiger partial charge is 0.427 e. The van der Waals surface area contributed by atoms with E-state index in [-0.39, 0.29) is 0 Å². The molecule has 1 rings (SSSR count). The van der Waals surface area contributed by atoms with Crippen LogP contribution in [0, 0.1) is 0 Å². The standard InChI is InChI=1S/C9H4F10O4/c10-3(4(11)7(12,13)14)1-22-6(2-21-5(20)23-6)8(15,16)9(17,18)19/h1-2H2/b4-3-. The maximum absolute atomic E-state index is 13.3. The Hall–Kier alpha value is -1.73. The second-order valence-electron chi connectivity index (χ2n) is 3.97. The van der Waals surface area contributed by atoms with E-state index in [0.29, 0.717) is 0 Å². The second kappa shape index (κ2) is 5.72. The molecule has 1 aliphatic rings. The first-order chi connectivity index (χ1) is 10.1.